The van der Waals surface area contributed by atoms with Gasteiger partial charge in [0.1, 0.15) is 11.8 Å². The Balaban J connectivity index is 1.90. The number of rotatable bonds is 10. The fraction of sp³-hybridized carbons (Fsp3) is 0.222. The molecule has 0 fully saturated rings. The normalized spacial score (nSPS) is 12.1. The second-order valence-corrected chi connectivity index (χ2v) is 7.21. The van der Waals surface area contributed by atoms with Crippen molar-refractivity contribution in [3.05, 3.63) is 108 Å². The summed E-state index contributed by atoms with van der Waals surface area (Å²) in [5.74, 6) is 0.549. The first-order chi connectivity index (χ1) is 15.2. The Kier molecular flexibility index (Phi) is 8.44. The van der Waals surface area contributed by atoms with E-state index in [9.17, 15) is 4.79 Å². The Bertz CT molecular complexity index is 911. The largest absolute Gasteiger partial charge is 0.497 e. The Morgan fingerprint density at radius 1 is 0.871 bits per heavy atom. The number of methoxy groups -OCH3 is 1. The number of nitrogens with zero attached hydrogens (tertiary/aromatic N) is 1. The van der Waals surface area contributed by atoms with Gasteiger partial charge in [0.2, 0.25) is 0 Å². The van der Waals surface area contributed by atoms with Gasteiger partial charge in [-0.1, -0.05) is 84.9 Å². The number of esters is 1. The summed E-state index contributed by atoms with van der Waals surface area (Å²) in [4.78, 5) is 15.1. The minimum Gasteiger partial charge on any atom is -0.497 e. The zero-order valence-electron chi connectivity index (χ0n) is 18.1. The first kappa shape index (κ1) is 22.3. The zero-order chi connectivity index (χ0) is 21.9. The molecule has 1 atom stereocenters. The third kappa shape index (κ3) is 6.83. The summed E-state index contributed by atoms with van der Waals surface area (Å²) >= 11 is 0. The van der Waals surface area contributed by atoms with Crippen LogP contribution in [0.1, 0.15) is 23.6 Å². The van der Waals surface area contributed by atoms with Gasteiger partial charge in [0.25, 0.3) is 0 Å². The van der Waals surface area contributed by atoms with E-state index in [2.05, 4.69) is 29.2 Å². The fourth-order valence-electron chi connectivity index (χ4n) is 3.38. The number of carbonyl (C=O) groups is 1. The van der Waals surface area contributed by atoms with Crippen LogP contribution < -0.4 is 4.74 Å². The molecule has 0 aliphatic rings. The fourth-order valence-corrected chi connectivity index (χ4v) is 3.38. The van der Waals surface area contributed by atoms with E-state index < -0.39 is 6.04 Å². The summed E-state index contributed by atoms with van der Waals surface area (Å²) in [6.07, 6.45) is 3.88. The van der Waals surface area contributed by atoms with Crippen LogP contribution in [-0.4, -0.2) is 30.6 Å². The Labute approximate surface area is 184 Å². The van der Waals surface area contributed by atoms with Crippen LogP contribution in [0.5, 0.6) is 5.75 Å². The van der Waals surface area contributed by atoms with E-state index in [0.29, 0.717) is 19.7 Å². The van der Waals surface area contributed by atoms with Crippen molar-refractivity contribution in [3.8, 4) is 5.75 Å². The molecule has 0 amide bonds. The highest BCUT2D eigenvalue weighted by Gasteiger charge is 2.25. The lowest BCUT2D eigenvalue weighted by Gasteiger charge is -2.28. The second kappa shape index (κ2) is 11.7. The van der Waals surface area contributed by atoms with Crippen molar-refractivity contribution in [1.29, 1.82) is 0 Å². The molecule has 0 unspecified atom stereocenters. The van der Waals surface area contributed by atoms with E-state index in [1.165, 1.54) is 0 Å². The van der Waals surface area contributed by atoms with Crippen molar-refractivity contribution in [2.24, 2.45) is 0 Å². The van der Waals surface area contributed by atoms with Crippen LogP contribution in [-0.2, 0) is 22.6 Å². The van der Waals surface area contributed by atoms with Crippen LogP contribution in [0.25, 0.3) is 6.08 Å². The molecule has 0 aliphatic carbocycles. The van der Waals surface area contributed by atoms with Crippen molar-refractivity contribution in [3.63, 3.8) is 0 Å². The Morgan fingerprint density at radius 2 is 1.42 bits per heavy atom. The van der Waals surface area contributed by atoms with Gasteiger partial charge >= 0.3 is 5.97 Å². The average Bonchev–Trinajstić information content (AvgIpc) is 2.81. The van der Waals surface area contributed by atoms with Crippen molar-refractivity contribution in [2.45, 2.75) is 26.1 Å². The first-order valence-corrected chi connectivity index (χ1v) is 10.5. The Hall–Kier alpha value is -3.37. The van der Waals surface area contributed by atoms with Crippen molar-refractivity contribution >= 4 is 12.0 Å². The first-order valence-electron chi connectivity index (χ1n) is 10.5. The average molecular weight is 416 g/mol. The molecule has 3 aromatic carbocycles. The summed E-state index contributed by atoms with van der Waals surface area (Å²) < 4.78 is 10.7. The van der Waals surface area contributed by atoms with Gasteiger partial charge in [-0.25, -0.2) is 0 Å². The molecule has 160 valence electrons. The number of hydrogen-bond donors (Lipinski definition) is 0. The highest BCUT2D eigenvalue weighted by molar-refractivity contribution is 5.79. The van der Waals surface area contributed by atoms with Gasteiger partial charge in [-0.2, -0.15) is 0 Å². The van der Waals surface area contributed by atoms with E-state index in [1.807, 2.05) is 79.7 Å². The highest BCUT2D eigenvalue weighted by Crippen LogP contribution is 2.18. The topological polar surface area (TPSA) is 38.8 Å². The molecule has 0 saturated carbocycles. The summed E-state index contributed by atoms with van der Waals surface area (Å²) in [7, 11) is 1.65. The molecule has 31 heavy (non-hydrogen) atoms. The molecule has 0 spiro atoms. The van der Waals surface area contributed by atoms with Crippen molar-refractivity contribution in [1.82, 2.24) is 4.90 Å². The lowest BCUT2D eigenvalue weighted by Crippen LogP contribution is -2.40. The predicted molar refractivity (Wildman–Crippen MR) is 125 cm³/mol. The molecular weight excluding hydrogens is 386 g/mol. The molecule has 0 heterocycles. The smallest absolute Gasteiger partial charge is 0.327 e. The molecule has 0 bridgehead atoms. The van der Waals surface area contributed by atoms with Crippen LogP contribution in [0.2, 0.25) is 0 Å². The van der Waals surface area contributed by atoms with Crippen LogP contribution in [0, 0.1) is 0 Å². The third-order valence-corrected chi connectivity index (χ3v) is 4.97. The quantitative estimate of drug-likeness (QED) is 0.419. The van der Waals surface area contributed by atoms with E-state index in [0.717, 1.165) is 22.4 Å². The molecule has 0 aliphatic heterocycles. The van der Waals surface area contributed by atoms with Gasteiger partial charge in [0.15, 0.2) is 0 Å². The maximum absolute atomic E-state index is 13.0. The molecule has 0 radical (unpaired) electrons. The lowest BCUT2D eigenvalue weighted by atomic mass is 10.1. The number of carbonyl (C=O) groups excluding carboxylic acids is 1. The summed E-state index contributed by atoms with van der Waals surface area (Å²) in [5.41, 5.74) is 3.28. The van der Waals surface area contributed by atoms with Gasteiger partial charge in [-0.15, -0.1) is 0 Å². The van der Waals surface area contributed by atoms with Crippen LogP contribution >= 0.6 is 0 Å². The van der Waals surface area contributed by atoms with Crippen molar-refractivity contribution < 1.29 is 14.3 Å². The molecule has 0 N–H and O–H groups in total. The molecular formula is C27H29NO3. The van der Waals surface area contributed by atoms with Gasteiger partial charge in [-0.3, -0.25) is 9.69 Å². The minimum absolute atomic E-state index is 0.251. The summed E-state index contributed by atoms with van der Waals surface area (Å²) in [5, 5.41) is 0. The zero-order valence-corrected chi connectivity index (χ0v) is 18.1. The van der Waals surface area contributed by atoms with Gasteiger partial charge in [-0.05, 0) is 35.7 Å². The van der Waals surface area contributed by atoms with Gasteiger partial charge in [0.05, 0.1) is 13.7 Å². The Morgan fingerprint density at radius 3 is 1.90 bits per heavy atom. The standard InChI is InChI=1S/C27H29NO3/c1-3-31-27(29)26(19-16-22-14-17-25(30-2)18-15-22)28(20-23-10-6-4-7-11-23)21-24-12-8-5-9-13-24/h4-19,26H,3,20-21H2,1-2H3/b19-16+/t26-/m1/s1. The van der Waals surface area contributed by atoms with E-state index in [-0.39, 0.29) is 5.97 Å². The predicted octanol–water partition coefficient (Wildman–Crippen LogP) is 5.34. The summed E-state index contributed by atoms with van der Waals surface area (Å²) in [6, 6.07) is 27.6. The van der Waals surface area contributed by atoms with Gasteiger partial charge in [0, 0.05) is 13.1 Å². The molecule has 4 heteroatoms. The second-order valence-electron chi connectivity index (χ2n) is 7.21. The van der Waals surface area contributed by atoms with Gasteiger partial charge < -0.3 is 9.47 Å². The van der Waals surface area contributed by atoms with Crippen LogP contribution in [0.15, 0.2) is 91.0 Å². The third-order valence-electron chi connectivity index (χ3n) is 4.97. The van der Waals surface area contributed by atoms with Crippen molar-refractivity contribution in [2.75, 3.05) is 13.7 Å². The minimum atomic E-state index is -0.512. The molecule has 4 nitrogen and oxygen atoms in total. The lowest BCUT2D eigenvalue weighted by molar-refractivity contribution is -0.148. The monoisotopic (exact) mass is 415 g/mol. The van der Waals surface area contributed by atoms with E-state index in [4.69, 9.17) is 9.47 Å². The summed E-state index contributed by atoms with van der Waals surface area (Å²) in [6.45, 7) is 3.44. The maximum atomic E-state index is 13.0. The molecule has 3 rings (SSSR count). The van der Waals surface area contributed by atoms with Crippen LogP contribution in [0.4, 0.5) is 0 Å². The SMILES string of the molecule is CCOC(=O)[C@@H](/C=C/c1ccc(OC)cc1)N(Cc1ccccc1)Cc1ccccc1. The molecule has 3 aromatic rings. The number of benzene rings is 3. The molecule has 0 aromatic heterocycles. The van der Waals surface area contributed by atoms with E-state index >= 15 is 0 Å². The van der Waals surface area contributed by atoms with Crippen LogP contribution in [0.3, 0.4) is 0 Å². The maximum Gasteiger partial charge on any atom is 0.327 e. The highest BCUT2D eigenvalue weighted by atomic mass is 16.5. The molecule has 0 saturated heterocycles. The number of hydrogen-bond acceptors (Lipinski definition) is 4. The van der Waals surface area contributed by atoms with E-state index in [1.54, 1.807) is 7.11 Å². The number of ether oxygens (including phenoxy) is 2.